The third kappa shape index (κ3) is 5.98. The van der Waals surface area contributed by atoms with Gasteiger partial charge in [-0.2, -0.15) is 0 Å². The molecule has 152 valence electrons. The summed E-state index contributed by atoms with van der Waals surface area (Å²) in [6, 6.07) is 0. The second kappa shape index (κ2) is 7.50. The minimum absolute atomic E-state index is 0.00397. The fourth-order valence-electron chi connectivity index (χ4n) is 2.89. The number of amides is 1. The van der Waals surface area contributed by atoms with Crippen molar-refractivity contribution in [1.29, 1.82) is 0 Å². The molecule has 1 fully saturated rings. The van der Waals surface area contributed by atoms with Gasteiger partial charge in [0.15, 0.2) is 8.32 Å². The summed E-state index contributed by atoms with van der Waals surface area (Å²) in [5.74, 6) is -1.24. The Morgan fingerprint density at radius 1 is 1.15 bits per heavy atom. The number of carboxylic acids is 1. The summed E-state index contributed by atoms with van der Waals surface area (Å²) in [4.78, 5) is 23.9. The van der Waals surface area contributed by atoms with Gasteiger partial charge in [-0.25, -0.2) is 4.79 Å². The largest absolute Gasteiger partial charge is 0.481 e. The van der Waals surface area contributed by atoms with Crippen LogP contribution in [0.4, 0.5) is 4.79 Å². The average molecular weight is 388 g/mol. The summed E-state index contributed by atoms with van der Waals surface area (Å²) >= 11 is 0. The number of carbonyl (C=O) groups excluding carboxylic acids is 1. The maximum Gasteiger partial charge on any atom is 0.408 e. The Balaban J connectivity index is 3.05. The molecule has 1 amide bonds. The molecule has 3 atom stereocenters. The van der Waals surface area contributed by atoms with Crippen molar-refractivity contribution in [1.82, 2.24) is 5.32 Å². The van der Waals surface area contributed by atoms with Crippen molar-refractivity contribution < 1.29 is 23.9 Å². The first-order valence-corrected chi connectivity index (χ1v) is 12.3. The highest BCUT2D eigenvalue weighted by atomic mass is 28.4. The highest BCUT2D eigenvalue weighted by Crippen LogP contribution is 2.42. The maximum absolute atomic E-state index is 12.4. The fourth-order valence-corrected chi connectivity index (χ4v) is 4.31. The zero-order valence-corrected chi connectivity index (χ0v) is 18.9. The summed E-state index contributed by atoms with van der Waals surface area (Å²) in [6.07, 6.45) is 0.610. The van der Waals surface area contributed by atoms with E-state index in [2.05, 4.69) is 39.2 Å². The Bertz CT molecular complexity index is 535. The van der Waals surface area contributed by atoms with Crippen LogP contribution >= 0.6 is 0 Å². The van der Waals surface area contributed by atoms with Crippen molar-refractivity contribution in [3.8, 4) is 0 Å². The summed E-state index contributed by atoms with van der Waals surface area (Å²) < 4.78 is 12.0. The first-order chi connectivity index (χ1) is 11.5. The number of alkyl carbamates (subject to hydrolysis) is 1. The maximum atomic E-state index is 12.4. The van der Waals surface area contributed by atoms with Gasteiger partial charge in [0.1, 0.15) is 5.60 Å². The molecule has 2 N–H and O–H groups in total. The molecular formula is C19H37NO5Si. The van der Waals surface area contributed by atoms with Crippen molar-refractivity contribution in [3.05, 3.63) is 0 Å². The molecule has 0 radical (unpaired) electrons. The molecule has 26 heavy (non-hydrogen) atoms. The van der Waals surface area contributed by atoms with Crippen LogP contribution in [-0.4, -0.2) is 42.7 Å². The van der Waals surface area contributed by atoms with Crippen LogP contribution in [0.15, 0.2) is 0 Å². The van der Waals surface area contributed by atoms with Gasteiger partial charge in [0, 0.05) is 0 Å². The van der Waals surface area contributed by atoms with Crippen molar-refractivity contribution >= 4 is 20.4 Å². The summed E-state index contributed by atoms with van der Waals surface area (Å²) in [7, 11) is -2.13. The number of ether oxygens (including phenoxy) is 1. The third-order valence-corrected chi connectivity index (χ3v) is 10.1. The highest BCUT2D eigenvalue weighted by molar-refractivity contribution is 6.74. The van der Waals surface area contributed by atoms with Crippen LogP contribution in [-0.2, 0) is 14.0 Å². The molecule has 0 saturated heterocycles. The number of aliphatic carboxylic acids is 1. The Hall–Kier alpha value is -1.08. The molecule has 0 bridgehead atoms. The van der Waals surface area contributed by atoms with Crippen LogP contribution in [0, 0.1) is 5.92 Å². The topological polar surface area (TPSA) is 84.9 Å². The van der Waals surface area contributed by atoms with Crippen LogP contribution in [0.2, 0.25) is 18.1 Å². The number of nitrogens with one attached hydrogen (secondary N) is 1. The van der Waals surface area contributed by atoms with Gasteiger partial charge < -0.3 is 19.6 Å². The van der Waals surface area contributed by atoms with Gasteiger partial charge in [-0.3, -0.25) is 4.79 Å². The predicted octanol–water partition coefficient (Wildman–Crippen LogP) is 4.54. The predicted molar refractivity (Wildman–Crippen MR) is 105 cm³/mol. The lowest BCUT2D eigenvalue weighted by atomic mass is 9.75. The molecule has 0 unspecified atom stereocenters. The molecule has 0 heterocycles. The van der Waals surface area contributed by atoms with Crippen LogP contribution in [0.25, 0.3) is 0 Å². The van der Waals surface area contributed by atoms with Crippen molar-refractivity contribution in [3.63, 3.8) is 0 Å². The van der Waals surface area contributed by atoms with Crippen molar-refractivity contribution in [2.75, 3.05) is 0 Å². The lowest BCUT2D eigenvalue weighted by Gasteiger charge is -2.49. The second-order valence-corrected chi connectivity index (χ2v) is 15.0. The van der Waals surface area contributed by atoms with Gasteiger partial charge in [-0.05, 0) is 65.1 Å². The highest BCUT2D eigenvalue weighted by Gasteiger charge is 2.49. The van der Waals surface area contributed by atoms with Crippen molar-refractivity contribution in [2.45, 2.75) is 103 Å². The fraction of sp³-hybridized carbons (Fsp3) is 0.895. The molecule has 0 aromatic carbocycles. The van der Waals surface area contributed by atoms with E-state index in [-0.39, 0.29) is 11.1 Å². The molecule has 0 aromatic heterocycles. The number of rotatable bonds is 4. The van der Waals surface area contributed by atoms with Gasteiger partial charge >= 0.3 is 12.1 Å². The van der Waals surface area contributed by atoms with Gasteiger partial charge in [-0.15, -0.1) is 0 Å². The Labute approximate surface area is 159 Å². The van der Waals surface area contributed by atoms with E-state index in [1.165, 1.54) is 0 Å². The Morgan fingerprint density at radius 3 is 2.12 bits per heavy atom. The minimum atomic E-state index is -2.13. The molecule has 7 heteroatoms. The number of hydrogen-bond acceptors (Lipinski definition) is 4. The van der Waals surface area contributed by atoms with E-state index in [1.807, 2.05) is 27.7 Å². The number of hydrogen-bond donors (Lipinski definition) is 2. The van der Waals surface area contributed by atoms with Crippen LogP contribution in [0.5, 0.6) is 0 Å². The third-order valence-electron chi connectivity index (χ3n) is 5.60. The molecule has 0 aromatic rings. The standard InChI is InChI=1S/C19H37NO5Si/c1-17(2,3)24-16(23)20-19(7)11-10-13(15(21)22)12-14(19)25-26(8,9)18(4,5)6/h13-14H,10-12H2,1-9H3,(H,20,23)(H,21,22)/t13-,14+,19+/m0/s1. The number of carbonyl (C=O) groups is 2. The Kier molecular flexibility index (Phi) is 6.62. The summed E-state index contributed by atoms with van der Waals surface area (Å²) in [5.41, 5.74) is -1.24. The molecule has 0 aliphatic heterocycles. The molecule has 1 aliphatic rings. The Morgan fingerprint density at radius 2 is 1.69 bits per heavy atom. The van der Waals surface area contributed by atoms with Gasteiger partial charge in [0.05, 0.1) is 17.6 Å². The van der Waals surface area contributed by atoms with Crippen LogP contribution < -0.4 is 5.32 Å². The van der Waals surface area contributed by atoms with Gasteiger partial charge in [0.2, 0.25) is 0 Å². The van der Waals surface area contributed by atoms with Crippen LogP contribution in [0.1, 0.15) is 67.7 Å². The van der Waals surface area contributed by atoms with E-state index in [1.54, 1.807) is 0 Å². The van der Waals surface area contributed by atoms with E-state index >= 15 is 0 Å². The number of carboxylic acid groups (broad SMARTS) is 1. The van der Waals surface area contributed by atoms with E-state index in [0.717, 1.165) is 0 Å². The smallest absolute Gasteiger partial charge is 0.408 e. The minimum Gasteiger partial charge on any atom is -0.481 e. The quantitative estimate of drug-likeness (QED) is 0.692. The molecule has 1 rings (SSSR count). The lowest BCUT2D eigenvalue weighted by molar-refractivity contribution is -0.145. The SMILES string of the molecule is CC(C)(C)OC(=O)N[C@]1(C)CC[C@H](C(=O)O)C[C@H]1O[Si](C)(C)C(C)(C)C. The normalized spacial score (nSPS) is 27.7. The molecular weight excluding hydrogens is 350 g/mol. The monoisotopic (exact) mass is 387 g/mol. The van der Waals surface area contributed by atoms with Gasteiger partial charge in [-0.1, -0.05) is 20.8 Å². The van der Waals surface area contributed by atoms with Crippen molar-refractivity contribution in [2.24, 2.45) is 5.92 Å². The van der Waals surface area contributed by atoms with E-state index in [0.29, 0.717) is 19.3 Å². The summed E-state index contributed by atoms with van der Waals surface area (Å²) in [5, 5.41) is 12.4. The molecule has 1 saturated carbocycles. The molecule has 0 spiro atoms. The molecule has 6 nitrogen and oxygen atoms in total. The van der Waals surface area contributed by atoms with E-state index < -0.39 is 37.4 Å². The van der Waals surface area contributed by atoms with Gasteiger partial charge in [0.25, 0.3) is 0 Å². The van der Waals surface area contributed by atoms with E-state index in [9.17, 15) is 14.7 Å². The van der Waals surface area contributed by atoms with E-state index in [4.69, 9.17) is 9.16 Å². The van der Waals surface area contributed by atoms with Crippen LogP contribution in [0.3, 0.4) is 0 Å². The second-order valence-electron chi connectivity index (χ2n) is 10.2. The lowest BCUT2D eigenvalue weighted by Crippen LogP contribution is -2.62. The first-order valence-electron chi connectivity index (χ1n) is 9.39. The summed E-state index contributed by atoms with van der Waals surface area (Å²) in [6.45, 7) is 18.1. The molecule has 1 aliphatic carbocycles. The zero-order chi connectivity index (χ0) is 20.6. The zero-order valence-electron chi connectivity index (χ0n) is 17.9. The average Bonchev–Trinajstić information content (AvgIpc) is 2.36. The first kappa shape index (κ1) is 23.0.